The molecule has 1 fully saturated rings. The molecule has 0 atom stereocenters. The molecule has 3 N–H and O–H groups in total. The van der Waals surface area contributed by atoms with E-state index in [1.165, 1.54) is 28.6 Å². The molecule has 1 amide bonds. The van der Waals surface area contributed by atoms with E-state index < -0.39 is 15.9 Å². The number of carbonyl (C=O) groups excluding carboxylic acids is 1. The van der Waals surface area contributed by atoms with Crippen molar-refractivity contribution in [2.24, 2.45) is 5.73 Å². The van der Waals surface area contributed by atoms with Crippen molar-refractivity contribution in [3.05, 3.63) is 29.8 Å². The molecule has 116 valence electrons. The number of nitrogens with two attached hydrogens (primary N) is 1. The zero-order valence-electron chi connectivity index (χ0n) is 12.3. The Labute approximate surface area is 125 Å². The second-order valence-electron chi connectivity index (χ2n) is 5.60. The molecule has 0 bridgehead atoms. The fourth-order valence-electron chi connectivity index (χ4n) is 2.41. The summed E-state index contributed by atoms with van der Waals surface area (Å²) in [6.07, 6.45) is 1.53. The Morgan fingerprint density at radius 2 is 1.76 bits per heavy atom. The first-order valence-corrected chi connectivity index (χ1v) is 8.31. The van der Waals surface area contributed by atoms with Gasteiger partial charge < -0.3 is 11.1 Å². The van der Waals surface area contributed by atoms with Crippen molar-refractivity contribution in [1.29, 1.82) is 0 Å². The Morgan fingerprint density at radius 3 is 2.19 bits per heavy atom. The number of primary amides is 1. The van der Waals surface area contributed by atoms with Gasteiger partial charge in [0.05, 0.1) is 4.90 Å². The minimum Gasteiger partial charge on any atom is -0.366 e. The second-order valence-corrected chi connectivity index (χ2v) is 7.54. The van der Waals surface area contributed by atoms with Crippen LogP contribution in [0.1, 0.15) is 30.1 Å². The quantitative estimate of drug-likeness (QED) is 0.849. The van der Waals surface area contributed by atoms with Crippen LogP contribution in [0.3, 0.4) is 0 Å². The third-order valence-corrected chi connectivity index (χ3v) is 6.12. The normalized spacial score (nSPS) is 19.3. The van der Waals surface area contributed by atoms with Crippen molar-refractivity contribution in [3.63, 3.8) is 0 Å². The maximum atomic E-state index is 12.6. The van der Waals surface area contributed by atoms with Gasteiger partial charge in [0.2, 0.25) is 15.9 Å². The molecule has 0 radical (unpaired) electrons. The van der Waals surface area contributed by atoms with Gasteiger partial charge in [-0.1, -0.05) is 0 Å². The Balaban J connectivity index is 2.17. The Morgan fingerprint density at radius 1 is 1.24 bits per heavy atom. The first kappa shape index (κ1) is 15.9. The van der Waals surface area contributed by atoms with Crippen molar-refractivity contribution >= 4 is 15.9 Å². The van der Waals surface area contributed by atoms with Gasteiger partial charge in [0, 0.05) is 24.2 Å². The van der Waals surface area contributed by atoms with Crippen molar-refractivity contribution in [2.75, 3.05) is 20.1 Å². The van der Waals surface area contributed by atoms with Gasteiger partial charge in [-0.15, -0.1) is 0 Å². The Hall–Kier alpha value is -1.44. The number of amides is 1. The molecular weight excluding hydrogens is 290 g/mol. The summed E-state index contributed by atoms with van der Waals surface area (Å²) in [6, 6.07) is 5.75. The minimum atomic E-state index is -3.51. The first-order chi connectivity index (χ1) is 9.78. The van der Waals surface area contributed by atoms with Crippen LogP contribution in [0.25, 0.3) is 0 Å². The van der Waals surface area contributed by atoms with E-state index in [-0.39, 0.29) is 10.4 Å². The van der Waals surface area contributed by atoms with Crippen LogP contribution in [0.5, 0.6) is 0 Å². The number of hydrogen-bond donors (Lipinski definition) is 2. The third kappa shape index (κ3) is 3.25. The molecule has 1 heterocycles. The fourth-order valence-corrected chi connectivity index (χ4v) is 3.85. The van der Waals surface area contributed by atoms with Gasteiger partial charge in [0.1, 0.15) is 0 Å². The Kier molecular flexibility index (Phi) is 4.36. The molecule has 1 aliphatic rings. The van der Waals surface area contributed by atoms with E-state index in [0.717, 1.165) is 12.8 Å². The molecule has 6 nitrogen and oxygen atoms in total. The van der Waals surface area contributed by atoms with E-state index in [4.69, 9.17) is 5.73 Å². The van der Waals surface area contributed by atoms with E-state index in [0.29, 0.717) is 18.7 Å². The highest BCUT2D eigenvalue weighted by molar-refractivity contribution is 7.89. The van der Waals surface area contributed by atoms with Crippen molar-refractivity contribution < 1.29 is 13.2 Å². The molecule has 0 spiro atoms. The topological polar surface area (TPSA) is 92.5 Å². The molecule has 1 aliphatic heterocycles. The predicted octanol–water partition coefficient (Wildman–Crippen LogP) is 0.548. The lowest BCUT2D eigenvalue weighted by molar-refractivity contribution is 0.1000. The number of carbonyl (C=O) groups is 1. The summed E-state index contributed by atoms with van der Waals surface area (Å²) in [5, 5.41) is 3.24. The lowest BCUT2D eigenvalue weighted by Crippen LogP contribution is -2.51. The van der Waals surface area contributed by atoms with Crippen LogP contribution < -0.4 is 11.1 Å². The maximum absolute atomic E-state index is 12.6. The SMILES string of the molecule is CNC1(C)CCN(S(=O)(=O)c2ccc(C(N)=O)cc2)CC1. The number of piperidine rings is 1. The van der Waals surface area contributed by atoms with E-state index in [1.54, 1.807) is 0 Å². The van der Waals surface area contributed by atoms with Crippen molar-refractivity contribution in [2.45, 2.75) is 30.2 Å². The van der Waals surface area contributed by atoms with Crippen LogP contribution >= 0.6 is 0 Å². The summed E-state index contributed by atoms with van der Waals surface area (Å²) in [5.74, 6) is -0.568. The van der Waals surface area contributed by atoms with Gasteiger partial charge in [-0.3, -0.25) is 4.79 Å². The average Bonchev–Trinajstić information content (AvgIpc) is 2.48. The first-order valence-electron chi connectivity index (χ1n) is 6.87. The average molecular weight is 311 g/mol. The molecule has 1 aromatic rings. The molecule has 7 heteroatoms. The zero-order valence-corrected chi connectivity index (χ0v) is 13.1. The maximum Gasteiger partial charge on any atom is 0.248 e. The lowest BCUT2D eigenvalue weighted by atomic mass is 9.91. The molecule has 0 aliphatic carbocycles. The lowest BCUT2D eigenvalue weighted by Gasteiger charge is -2.38. The highest BCUT2D eigenvalue weighted by atomic mass is 32.2. The highest BCUT2D eigenvalue weighted by Crippen LogP contribution is 2.26. The Bertz CT molecular complexity index is 617. The molecule has 0 saturated carbocycles. The van der Waals surface area contributed by atoms with Gasteiger partial charge in [-0.05, 0) is 51.1 Å². The molecular formula is C14H21N3O3S. The second kappa shape index (κ2) is 5.75. The van der Waals surface area contributed by atoms with Gasteiger partial charge >= 0.3 is 0 Å². The van der Waals surface area contributed by atoms with Crippen LogP contribution in [-0.2, 0) is 10.0 Å². The van der Waals surface area contributed by atoms with Gasteiger partial charge in [-0.25, -0.2) is 8.42 Å². The summed E-state index contributed by atoms with van der Waals surface area (Å²) in [6.45, 7) is 3.06. The number of benzene rings is 1. The fraction of sp³-hybridized carbons (Fsp3) is 0.500. The van der Waals surface area contributed by atoms with Crippen LogP contribution in [0.2, 0.25) is 0 Å². The highest BCUT2D eigenvalue weighted by Gasteiger charge is 2.34. The largest absolute Gasteiger partial charge is 0.366 e. The summed E-state index contributed by atoms with van der Waals surface area (Å²) < 4.78 is 26.6. The number of nitrogens with one attached hydrogen (secondary N) is 1. The number of nitrogens with zero attached hydrogens (tertiary/aromatic N) is 1. The standard InChI is InChI=1S/C14H21N3O3S/c1-14(16-2)7-9-17(10-8-14)21(19,20)12-5-3-11(4-6-12)13(15)18/h3-6,16H,7-10H2,1-2H3,(H2,15,18). The number of hydrogen-bond acceptors (Lipinski definition) is 4. The van der Waals surface area contributed by atoms with E-state index in [2.05, 4.69) is 12.2 Å². The monoisotopic (exact) mass is 311 g/mol. The third-order valence-electron chi connectivity index (χ3n) is 4.21. The zero-order chi connectivity index (χ0) is 15.7. The van der Waals surface area contributed by atoms with Crippen LogP contribution in [0, 0.1) is 0 Å². The van der Waals surface area contributed by atoms with Crippen LogP contribution in [-0.4, -0.2) is 44.3 Å². The minimum absolute atomic E-state index is 0.0121. The molecule has 0 aromatic heterocycles. The molecule has 0 unspecified atom stereocenters. The molecule has 21 heavy (non-hydrogen) atoms. The number of rotatable bonds is 4. The summed E-state index contributed by atoms with van der Waals surface area (Å²) in [5.41, 5.74) is 5.44. The van der Waals surface area contributed by atoms with E-state index >= 15 is 0 Å². The van der Waals surface area contributed by atoms with Gasteiger partial charge in [-0.2, -0.15) is 4.31 Å². The van der Waals surface area contributed by atoms with E-state index in [1.807, 2.05) is 7.05 Å². The van der Waals surface area contributed by atoms with E-state index in [9.17, 15) is 13.2 Å². The summed E-state index contributed by atoms with van der Waals surface area (Å²) in [7, 11) is -1.61. The van der Waals surface area contributed by atoms with Crippen molar-refractivity contribution in [3.8, 4) is 0 Å². The molecule has 2 rings (SSSR count). The smallest absolute Gasteiger partial charge is 0.248 e. The van der Waals surface area contributed by atoms with Crippen LogP contribution in [0.4, 0.5) is 0 Å². The molecule has 1 saturated heterocycles. The number of sulfonamides is 1. The predicted molar refractivity (Wildman–Crippen MR) is 80.4 cm³/mol. The summed E-state index contributed by atoms with van der Waals surface area (Å²) >= 11 is 0. The van der Waals surface area contributed by atoms with Crippen LogP contribution in [0.15, 0.2) is 29.2 Å². The molecule has 1 aromatic carbocycles. The van der Waals surface area contributed by atoms with Gasteiger partial charge in [0.25, 0.3) is 0 Å². The van der Waals surface area contributed by atoms with Crippen molar-refractivity contribution in [1.82, 2.24) is 9.62 Å². The summed E-state index contributed by atoms with van der Waals surface area (Å²) in [4.78, 5) is 11.2. The van der Waals surface area contributed by atoms with Gasteiger partial charge in [0.15, 0.2) is 0 Å².